The molecule has 0 unspecified atom stereocenters. The van der Waals surface area contributed by atoms with Gasteiger partial charge in [-0.1, -0.05) is 24.3 Å². The van der Waals surface area contributed by atoms with Crippen LogP contribution in [0.5, 0.6) is 5.75 Å². The smallest absolute Gasteiger partial charge is 0.229 e. The molecule has 6 nitrogen and oxygen atoms in total. The van der Waals surface area contributed by atoms with Crippen molar-refractivity contribution in [2.24, 2.45) is 0 Å². The molecule has 6 heteroatoms. The van der Waals surface area contributed by atoms with Crippen LogP contribution < -0.4 is 15.4 Å². The van der Waals surface area contributed by atoms with Crippen molar-refractivity contribution in [2.75, 3.05) is 10.6 Å². The maximum atomic E-state index is 5.97. The number of anilines is 4. The van der Waals surface area contributed by atoms with Crippen molar-refractivity contribution in [3.8, 4) is 5.75 Å². The van der Waals surface area contributed by atoms with Gasteiger partial charge >= 0.3 is 0 Å². The van der Waals surface area contributed by atoms with Gasteiger partial charge in [-0.25, -0.2) is 4.98 Å². The molecule has 0 atom stereocenters. The summed E-state index contributed by atoms with van der Waals surface area (Å²) >= 11 is 0. The third-order valence-electron chi connectivity index (χ3n) is 4.96. The van der Waals surface area contributed by atoms with Crippen LogP contribution in [0.15, 0.2) is 73.1 Å². The largest absolute Gasteiger partial charge is 0.490 e. The van der Waals surface area contributed by atoms with Gasteiger partial charge in [-0.15, -0.1) is 0 Å². The molecule has 0 aliphatic heterocycles. The summed E-state index contributed by atoms with van der Waals surface area (Å²) in [6.45, 7) is 0. The lowest BCUT2D eigenvalue weighted by molar-refractivity contribution is 0.120. The van der Waals surface area contributed by atoms with Crippen LogP contribution in [-0.2, 0) is 0 Å². The Hall–Kier alpha value is -3.67. The fraction of sp³-hybridized carbons (Fsp3) is 0.174. The maximum Gasteiger partial charge on any atom is 0.229 e. The highest BCUT2D eigenvalue weighted by Gasteiger charge is 2.19. The summed E-state index contributed by atoms with van der Waals surface area (Å²) in [6, 6.07) is 19.8. The van der Waals surface area contributed by atoms with Crippen LogP contribution in [0.25, 0.3) is 10.9 Å². The number of nitrogens with one attached hydrogen (secondary N) is 2. The van der Waals surface area contributed by atoms with Gasteiger partial charge in [0.05, 0.1) is 23.5 Å². The van der Waals surface area contributed by atoms with E-state index in [4.69, 9.17) is 4.74 Å². The molecule has 1 saturated carbocycles. The third-order valence-corrected chi connectivity index (χ3v) is 4.96. The average molecular weight is 383 g/mol. The lowest BCUT2D eigenvalue weighted by Gasteiger charge is -2.26. The number of rotatable bonds is 6. The number of aromatic nitrogens is 3. The molecule has 144 valence electrons. The number of nitrogens with zero attached hydrogens (tertiary/aromatic N) is 3. The SMILES string of the molecule is c1cc(Nc2nccc(Nc3cnc4ccccc4c3)n2)cc(OC2CCC2)c1. The Balaban J connectivity index is 1.31. The van der Waals surface area contributed by atoms with Crippen molar-refractivity contribution in [2.45, 2.75) is 25.4 Å². The Kier molecular flexibility index (Phi) is 4.66. The lowest BCUT2D eigenvalue weighted by atomic mass is 9.96. The van der Waals surface area contributed by atoms with Gasteiger partial charge in [0, 0.05) is 23.3 Å². The Bertz CT molecular complexity index is 1140. The van der Waals surface area contributed by atoms with Crippen molar-refractivity contribution >= 4 is 34.0 Å². The third kappa shape index (κ3) is 4.11. The van der Waals surface area contributed by atoms with Gasteiger partial charge in [0.15, 0.2) is 0 Å². The second kappa shape index (κ2) is 7.75. The Morgan fingerprint density at radius 1 is 0.862 bits per heavy atom. The second-order valence-corrected chi connectivity index (χ2v) is 7.13. The number of hydrogen-bond acceptors (Lipinski definition) is 6. The summed E-state index contributed by atoms with van der Waals surface area (Å²) in [5, 5.41) is 7.63. The fourth-order valence-corrected chi connectivity index (χ4v) is 3.23. The van der Waals surface area contributed by atoms with E-state index in [0.717, 1.165) is 40.9 Å². The highest BCUT2D eigenvalue weighted by atomic mass is 16.5. The summed E-state index contributed by atoms with van der Waals surface area (Å²) in [7, 11) is 0. The van der Waals surface area contributed by atoms with Crippen LogP contribution in [0.2, 0.25) is 0 Å². The van der Waals surface area contributed by atoms with Crippen molar-refractivity contribution in [1.82, 2.24) is 15.0 Å². The summed E-state index contributed by atoms with van der Waals surface area (Å²) < 4.78 is 5.97. The van der Waals surface area contributed by atoms with Gasteiger partial charge in [-0.2, -0.15) is 4.98 Å². The van der Waals surface area contributed by atoms with E-state index in [1.54, 1.807) is 12.4 Å². The number of benzene rings is 2. The van der Waals surface area contributed by atoms with Crippen LogP contribution in [0.3, 0.4) is 0 Å². The van der Waals surface area contributed by atoms with Crippen LogP contribution in [0.1, 0.15) is 19.3 Å². The molecule has 2 aromatic heterocycles. The van der Waals surface area contributed by atoms with Gasteiger partial charge in [0.2, 0.25) is 5.95 Å². The molecule has 2 aromatic carbocycles. The standard InChI is InChI=1S/C23H21N5O/c1-2-10-21-16(5-1)13-18(15-25-21)26-22-11-12-24-23(28-22)27-17-6-3-9-20(14-17)29-19-7-4-8-19/h1-3,5-6,9-15,19H,4,7-8H2,(H2,24,26,27,28). The van der Waals surface area contributed by atoms with E-state index in [2.05, 4.69) is 31.7 Å². The number of ether oxygens (including phenoxy) is 1. The van der Waals surface area contributed by atoms with E-state index >= 15 is 0 Å². The molecule has 2 N–H and O–H groups in total. The van der Waals surface area contributed by atoms with Crippen LogP contribution in [0.4, 0.5) is 23.1 Å². The molecule has 0 bridgehead atoms. The first-order valence-electron chi connectivity index (χ1n) is 9.80. The summed E-state index contributed by atoms with van der Waals surface area (Å²) in [5.41, 5.74) is 2.74. The number of fused-ring (bicyclic) bond motifs is 1. The lowest BCUT2D eigenvalue weighted by Crippen LogP contribution is -2.24. The average Bonchev–Trinajstić information content (AvgIpc) is 2.71. The van der Waals surface area contributed by atoms with Gasteiger partial charge in [-0.05, 0) is 49.6 Å². The molecule has 1 fully saturated rings. The topological polar surface area (TPSA) is 72.0 Å². The molecular formula is C23H21N5O. The Labute approximate surface area is 169 Å². The molecule has 1 aliphatic carbocycles. The minimum atomic E-state index is 0.351. The van der Waals surface area contributed by atoms with Crippen LogP contribution >= 0.6 is 0 Å². The number of para-hydroxylation sites is 1. The normalized spacial score (nSPS) is 13.7. The predicted molar refractivity (Wildman–Crippen MR) is 115 cm³/mol. The molecule has 0 spiro atoms. The number of hydrogen-bond donors (Lipinski definition) is 2. The van der Waals surface area contributed by atoms with E-state index in [1.165, 1.54) is 6.42 Å². The molecule has 4 aromatic rings. The molecular weight excluding hydrogens is 362 g/mol. The van der Waals surface area contributed by atoms with Crippen molar-refractivity contribution in [3.05, 3.63) is 73.1 Å². The monoisotopic (exact) mass is 383 g/mol. The first-order chi connectivity index (χ1) is 14.3. The summed E-state index contributed by atoms with van der Waals surface area (Å²) in [6.07, 6.45) is 7.41. The van der Waals surface area contributed by atoms with E-state index < -0.39 is 0 Å². The highest BCUT2D eigenvalue weighted by molar-refractivity contribution is 5.82. The minimum Gasteiger partial charge on any atom is -0.490 e. The van der Waals surface area contributed by atoms with Crippen LogP contribution in [0, 0.1) is 0 Å². The summed E-state index contributed by atoms with van der Waals surface area (Å²) in [5.74, 6) is 2.09. The van der Waals surface area contributed by atoms with E-state index in [9.17, 15) is 0 Å². The molecule has 0 amide bonds. The van der Waals surface area contributed by atoms with Gasteiger partial charge < -0.3 is 15.4 Å². The first-order valence-corrected chi connectivity index (χ1v) is 9.80. The Morgan fingerprint density at radius 2 is 1.79 bits per heavy atom. The van der Waals surface area contributed by atoms with Crippen molar-refractivity contribution in [3.63, 3.8) is 0 Å². The van der Waals surface area contributed by atoms with E-state index in [0.29, 0.717) is 17.9 Å². The Morgan fingerprint density at radius 3 is 2.69 bits per heavy atom. The predicted octanol–water partition coefficient (Wildman–Crippen LogP) is 5.44. The maximum absolute atomic E-state index is 5.97. The first kappa shape index (κ1) is 17.4. The minimum absolute atomic E-state index is 0.351. The van der Waals surface area contributed by atoms with E-state index in [1.807, 2.05) is 54.6 Å². The quantitative estimate of drug-likeness (QED) is 0.462. The molecule has 29 heavy (non-hydrogen) atoms. The fourth-order valence-electron chi connectivity index (χ4n) is 3.23. The van der Waals surface area contributed by atoms with Crippen LogP contribution in [-0.4, -0.2) is 21.1 Å². The number of pyridine rings is 1. The molecule has 1 aliphatic rings. The zero-order valence-corrected chi connectivity index (χ0v) is 15.9. The molecule has 0 saturated heterocycles. The van der Waals surface area contributed by atoms with Gasteiger partial charge in [0.1, 0.15) is 11.6 Å². The van der Waals surface area contributed by atoms with Crippen molar-refractivity contribution < 1.29 is 4.74 Å². The zero-order valence-electron chi connectivity index (χ0n) is 15.9. The highest BCUT2D eigenvalue weighted by Crippen LogP contribution is 2.27. The molecule has 5 rings (SSSR count). The van der Waals surface area contributed by atoms with Gasteiger partial charge in [0.25, 0.3) is 0 Å². The van der Waals surface area contributed by atoms with E-state index in [-0.39, 0.29) is 0 Å². The second-order valence-electron chi connectivity index (χ2n) is 7.13. The van der Waals surface area contributed by atoms with Gasteiger partial charge in [-0.3, -0.25) is 4.98 Å². The molecule has 0 radical (unpaired) electrons. The zero-order chi connectivity index (χ0) is 19.5. The summed E-state index contributed by atoms with van der Waals surface area (Å²) in [4.78, 5) is 13.4. The molecule has 2 heterocycles. The van der Waals surface area contributed by atoms with Crippen molar-refractivity contribution in [1.29, 1.82) is 0 Å².